The minimum Gasteiger partial charge on any atom is -0.494 e. The molecule has 0 bridgehead atoms. The molecule has 3 amide bonds. The zero-order valence-electron chi connectivity index (χ0n) is 19.2. The first kappa shape index (κ1) is 24.0. The van der Waals surface area contributed by atoms with Crippen LogP contribution in [0.1, 0.15) is 32.8 Å². The second-order valence-corrected chi connectivity index (χ2v) is 9.56. The van der Waals surface area contributed by atoms with Crippen molar-refractivity contribution in [2.75, 3.05) is 23.4 Å². The lowest BCUT2D eigenvalue weighted by Gasteiger charge is -2.21. The molecule has 0 saturated carbocycles. The summed E-state index contributed by atoms with van der Waals surface area (Å²) in [6.07, 6.45) is 0.747. The van der Waals surface area contributed by atoms with Gasteiger partial charge in [0.25, 0.3) is 11.8 Å². The van der Waals surface area contributed by atoms with E-state index in [1.54, 1.807) is 47.4 Å². The lowest BCUT2D eigenvalue weighted by atomic mass is 10.1. The number of nitrogens with one attached hydrogen (secondary N) is 1. The number of fused-ring (bicyclic) bond motifs is 1. The van der Waals surface area contributed by atoms with Crippen molar-refractivity contribution in [3.8, 4) is 5.75 Å². The summed E-state index contributed by atoms with van der Waals surface area (Å²) in [7, 11) is 0. The van der Waals surface area contributed by atoms with E-state index in [4.69, 9.17) is 17.0 Å². The molecule has 1 saturated heterocycles. The van der Waals surface area contributed by atoms with Crippen molar-refractivity contribution < 1.29 is 19.1 Å². The highest BCUT2D eigenvalue weighted by Gasteiger charge is 2.43. The summed E-state index contributed by atoms with van der Waals surface area (Å²) in [6.45, 7) is 6.19. The van der Waals surface area contributed by atoms with Gasteiger partial charge >= 0.3 is 0 Å². The summed E-state index contributed by atoms with van der Waals surface area (Å²) >= 11 is 6.59. The molecule has 4 rings (SSSR count). The molecule has 1 atom stereocenters. The first-order valence-electron chi connectivity index (χ1n) is 11.1. The van der Waals surface area contributed by atoms with Gasteiger partial charge in [0.1, 0.15) is 16.6 Å². The molecule has 2 heterocycles. The van der Waals surface area contributed by atoms with Gasteiger partial charge in [-0.05, 0) is 50.6 Å². The zero-order valence-corrected chi connectivity index (χ0v) is 20.8. The molecule has 34 heavy (non-hydrogen) atoms. The van der Waals surface area contributed by atoms with Gasteiger partial charge in [-0.2, -0.15) is 0 Å². The van der Waals surface area contributed by atoms with Crippen molar-refractivity contribution in [2.45, 2.75) is 33.2 Å². The number of ether oxygens (including phenoxy) is 1. The monoisotopic (exact) mass is 495 g/mol. The maximum Gasteiger partial charge on any atom is 0.267 e. The van der Waals surface area contributed by atoms with Crippen LogP contribution >= 0.6 is 24.0 Å². The Morgan fingerprint density at radius 1 is 1.09 bits per heavy atom. The van der Waals surface area contributed by atoms with Crippen LogP contribution in [-0.4, -0.2) is 46.1 Å². The highest BCUT2D eigenvalue weighted by Crippen LogP contribution is 2.45. The van der Waals surface area contributed by atoms with E-state index in [9.17, 15) is 14.4 Å². The predicted octanol–water partition coefficient (Wildman–Crippen LogP) is 4.44. The molecule has 2 aromatic carbocycles. The Morgan fingerprint density at radius 3 is 2.47 bits per heavy atom. The van der Waals surface area contributed by atoms with Crippen molar-refractivity contribution in [3.05, 3.63) is 59.0 Å². The summed E-state index contributed by atoms with van der Waals surface area (Å²) in [4.78, 5) is 42.8. The second kappa shape index (κ2) is 9.99. The third-order valence-electron chi connectivity index (χ3n) is 5.73. The lowest BCUT2D eigenvalue weighted by molar-refractivity contribution is -0.123. The Kier molecular flexibility index (Phi) is 7.04. The van der Waals surface area contributed by atoms with Crippen LogP contribution in [0.15, 0.2) is 53.4 Å². The summed E-state index contributed by atoms with van der Waals surface area (Å²) in [5.41, 5.74) is 2.12. The van der Waals surface area contributed by atoms with Crippen molar-refractivity contribution >= 4 is 63.0 Å². The highest BCUT2D eigenvalue weighted by molar-refractivity contribution is 8.26. The van der Waals surface area contributed by atoms with E-state index in [-0.39, 0.29) is 30.3 Å². The van der Waals surface area contributed by atoms with Crippen molar-refractivity contribution in [1.29, 1.82) is 0 Å². The number of nitrogens with zero attached hydrogens (tertiary/aromatic N) is 2. The third-order valence-corrected chi connectivity index (χ3v) is 7.13. The molecule has 0 radical (unpaired) electrons. The van der Waals surface area contributed by atoms with Gasteiger partial charge in [0.15, 0.2) is 0 Å². The van der Waals surface area contributed by atoms with E-state index < -0.39 is 0 Å². The van der Waals surface area contributed by atoms with Crippen LogP contribution in [0.25, 0.3) is 5.57 Å². The molecule has 0 spiro atoms. The molecule has 7 nitrogen and oxygen atoms in total. The number of carbonyl (C=O) groups is 3. The van der Waals surface area contributed by atoms with Gasteiger partial charge in [0.05, 0.1) is 22.8 Å². The van der Waals surface area contributed by atoms with Crippen molar-refractivity contribution in [1.82, 2.24) is 4.90 Å². The fourth-order valence-electron chi connectivity index (χ4n) is 3.89. The van der Waals surface area contributed by atoms with Gasteiger partial charge in [-0.3, -0.25) is 24.2 Å². The van der Waals surface area contributed by atoms with Crippen LogP contribution in [-0.2, 0) is 14.4 Å². The molecule has 2 aliphatic heterocycles. The smallest absolute Gasteiger partial charge is 0.267 e. The second-order valence-electron chi connectivity index (χ2n) is 7.92. The number of hydrogen-bond acceptors (Lipinski definition) is 6. The Labute approximate surface area is 208 Å². The molecule has 1 unspecified atom stereocenters. The number of benzene rings is 2. The van der Waals surface area contributed by atoms with Crippen LogP contribution in [0.4, 0.5) is 11.4 Å². The van der Waals surface area contributed by atoms with Gasteiger partial charge in [0, 0.05) is 17.3 Å². The molecule has 2 aromatic rings. The first-order chi connectivity index (χ1) is 16.3. The standard InChI is InChI=1S/C25H25N3O4S2/c1-4-15(3)28-24(31)22(34-25(28)33)21-18-8-6-7-9-19(18)27(23(21)30)14-20(29)26-16-10-12-17(13-11-16)32-5-2/h6-13,15H,4-5,14H2,1-3H3,(H,26,29)/b22-21-. The largest absolute Gasteiger partial charge is 0.494 e. The number of thiocarbonyl (C=S) groups is 1. The van der Waals surface area contributed by atoms with Gasteiger partial charge in [0.2, 0.25) is 5.91 Å². The number of anilines is 2. The van der Waals surface area contributed by atoms with Crippen LogP contribution in [0.3, 0.4) is 0 Å². The maximum absolute atomic E-state index is 13.5. The predicted molar refractivity (Wildman–Crippen MR) is 139 cm³/mol. The number of para-hydroxylation sites is 1. The molecular weight excluding hydrogens is 470 g/mol. The van der Waals surface area contributed by atoms with E-state index in [2.05, 4.69) is 5.32 Å². The Hall–Kier alpha value is -3.17. The molecule has 9 heteroatoms. The van der Waals surface area contributed by atoms with Gasteiger partial charge in [-0.15, -0.1) is 0 Å². The van der Waals surface area contributed by atoms with Crippen LogP contribution in [0.5, 0.6) is 5.75 Å². The van der Waals surface area contributed by atoms with E-state index in [0.717, 1.165) is 18.2 Å². The van der Waals surface area contributed by atoms with E-state index >= 15 is 0 Å². The number of amides is 3. The van der Waals surface area contributed by atoms with E-state index in [0.29, 0.717) is 44.1 Å². The SMILES string of the molecule is CCOc1ccc(NC(=O)CN2C(=O)/C(=C3\SC(=S)N(C(C)CC)C3=O)c3ccccc32)cc1. The topological polar surface area (TPSA) is 79.0 Å². The van der Waals surface area contributed by atoms with Crippen LogP contribution in [0.2, 0.25) is 0 Å². The lowest BCUT2D eigenvalue weighted by Crippen LogP contribution is -2.37. The average Bonchev–Trinajstić information content (AvgIpc) is 3.27. The first-order valence-corrected chi connectivity index (χ1v) is 12.3. The summed E-state index contributed by atoms with van der Waals surface area (Å²) in [6, 6.07) is 14.2. The number of hydrogen-bond donors (Lipinski definition) is 1. The molecule has 1 N–H and O–H groups in total. The summed E-state index contributed by atoms with van der Waals surface area (Å²) in [5.74, 6) is -0.278. The molecule has 176 valence electrons. The third kappa shape index (κ3) is 4.45. The normalized spacial score (nSPS) is 18.4. The van der Waals surface area contributed by atoms with Gasteiger partial charge in [-0.25, -0.2) is 0 Å². The van der Waals surface area contributed by atoms with E-state index in [1.807, 2.05) is 26.8 Å². The quantitative estimate of drug-likeness (QED) is 0.452. The van der Waals surface area contributed by atoms with Gasteiger partial charge < -0.3 is 10.1 Å². The average molecular weight is 496 g/mol. The molecule has 2 aliphatic rings. The fraction of sp³-hybridized carbons (Fsp3) is 0.280. The van der Waals surface area contributed by atoms with Gasteiger partial charge in [-0.1, -0.05) is 49.1 Å². The number of rotatable bonds is 7. The highest BCUT2D eigenvalue weighted by atomic mass is 32.2. The molecule has 0 aromatic heterocycles. The van der Waals surface area contributed by atoms with Crippen LogP contribution in [0, 0.1) is 0 Å². The maximum atomic E-state index is 13.5. The summed E-state index contributed by atoms with van der Waals surface area (Å²) in [5, 5.41) is 2.81. The summed E-state index contributed by atoms with van der Waals surface area (Å²) < 4.78 is 5.86. The number of carbonyl (C=O) groups excluding carboxylic acids is 3. The fourth-order valence-corrected chi connectivity index (χ4v) is 5.43. The molecular formula is C25H25N3O4S2. The van der Waals surface area contributed by atoms with Crippen LogP contribution < -0.4 is 15.0 Å². The van der Waals surface area contributed by atoms with Crippen molar-refractivity contribution in [3.63, 3.8) is 0 Å². The zero-order chi connectivity index (χ0) is 24.4. The minimum absolute atomic E-state index is 0.0617. The Balaban J connectivity index is 1.59. The Bertz CT molecular complexity index is 1190. The molecule has 1 fully saturated rings. The van der Waals surface area contributed by atoms with Crippen molar-refractivity contribution in [2.24, 2.45) is 0 Å². The Morgan fingerprint density at radius 2 is 1.79 bits per heavy atom. The van der Waals surface area contributed by atoms with E-state index in [1.165, 1.54) is 4.90 Å². The minimum atomic E-state index is -0.382. The molecule has 0 aliphatic carbocycles. The number of thioether (sulfide) groups is 1.